The Bertz CT molecular complexity index is 603. The van der Waals surface area contributed by atoms with E-state index in [4.69, 9.17) is 4.74 Å². The number of nitrogens with zero attached hydrogens (tertiary/aromatic N) is 2. The topological polar surface area (TPSA) is 65.3 Å². The summed E-state index contributed by atoms with van der Waals surface area (Å²) in [7, 11) is 1.64. The third kappa shape index (κ3) is 3.08. The summed E-state index contributed by atoms with van der Waals surface area (Å²) in [5.41, 5.74) is 1.74. The third-order valence-electron chi connectivity index (χ3n) is 2.82. The lowest BCUT2D eigenvalue weighted by molar-refractivity contribution is -0.383. The lowest BCUT2D eigenvalue weighted by atomic mass is 10.0. The molecule has 0 amide bonds. The molecule has 1 unspecified atom stereocenters. The molecule has 2 rings (SSSR count). The molecule has 0 fully saturated rings. The minimum absolute atomic E-state index is 0.0877. The fraction of sp³-hybridized carbons (Fsp3) is 0.308. The molecule has 0 aliphatic carbocycles. The summed E-state index contributed by atoms with van der Waals surface area (Å²) in [6, 6.07) is 6.73. The van der Waals surface area contributed by atoms with Crippen LogP contribution in [0.4, 0.5) is 5.69 Å². The first-order valence-electron chi connectivity index (χ1n) is 5.77. The Balaban J connectivity index is 2.46. The van der Waals surface area contributed by atoms with Crippen LogP contribution in [-0.4, -0.2) is 28.5 Å². The van der Waals surface area contributed by atoms with Crippen LogP contribution in [0, 0.1) is 10.1 Å². The number of nitro groups is 1. The monoisotopic (exact) mass is 324 g/mol. The molecule has 6 heteroatoms. The van der Waals surface area contributed by atoms with Crippen LogP contribution in [-0.2, 0) is 11.2 Å². The standard InChI is InChI=1S/C13H13BrN2O3/c1-19-8-10(14)7-9-4-5-12(16(17)18)11-3-2-6-15-13(9)11/h2-6,10H,7-8H2,1H3. The van der Waals surface area contributed by atoms with Crippen molar-refractivity contribution < 1.29 is 9.66 Å². The molecule has 0 saturated carbocycles. The highest BCUT2D eigenvalue weighted by Crippen LogP contribution is 2.28. The maximum absolute atomic E-state index is 11.0. The van der Waals surface area contributed by atoms with Crippen LogP contribution in [0.3, 0.4) is 0 Å². The van der Waals surface area contributed by atoms with E-state index in [-0.39, 0.29) is 15.4 Å². The van der Waals surface area contributed by atoms with E-state index < -0.39 is 0 Å². The van der Waals surface area contributed by atoms with Gasteiger partial charge in [-0.2, -0.15) is 0 Å². The van der Waals surface area contributed by atoms with Gasteiger partial charge in [0.05, 0.1) is 22.4 Å². The van der Waals surface area contributed by atoms with E-state index in [1.54, 1.807) is 31.5 Å². The average molecular weight is 325 g/mol. The molecule has 19 heavy (non-hydrogen) atoms. The lowest BCUT2D eigenvalue weighted by Crippen LogP contribution is -2.10. The Morgan fingerprint density at radius 1 is 1.47 bits per heavy atom. The van der Waals surface area contributed by atoms with Crippen molar-refractivity contribution in [3.05, 3.63) is 46.1 Å². The maximum atomic E-state index is 11.0. The van der Waals surface area contributed by atoms with E-state index >= 15 is 0 Å². The summed E-state index contributed by atoms with van der Waals surface area (Å²) < 4.78 is 5.07. The van der Waals surface area contributed by atoms with Gasteiger partial charge < -0.3 is 4.74 Å². The Labute approximate surface area is 118 Å². The van der Waals surface area contributed by atoms with E-state index in [9.17, 15) is 10.1 Å². The molecule has 1 aromatic heterocycles. The normalized spacial score (nSPS) is 12.5. The van der Waals surface area contributed by atoms with Crippen molar-refractivity contribution >= 4 is 32.5 Å². The number of non-ortho nitro benzene ring substituents is 1. The Kier molecular flexibility index (Phi) is 4.44. The number of hydrogen-bond donors (Lipinski definition) is 0. The molecule has 2 aromatic rings. The van der Waals surface area contributed by atoms with Gasteiger partial charge in [0.25, 0.3) is 5.69 Å². The summed E-state index contributed by atoms with van der Waals surface area (Å²) in [5.74, 6) is 0. The number of fused-ring (bicyclic) bond motifs is 1. The fourth-order valence-corrected chi connectivity index (χ4v) is 2.63. The van der Waals surface area contributed by atoms with Crippen molar-refractivity contribution in [3.63, 3.8) is 0 Å². The molecule has 1 aromatic carbocycles. The van der Waals surface area contributed by atoms with Crippen LogP contribution in [0.2, 0.25) is 0 Å². The molecule has 0 N–H and O–H groups in total. The molecular weight excluding hydrogens is 312 g/mol. The number of hydrogen-bond acceptors (Lipinski definition) is 4. The Morgan fingerprint density at radius 3 is 2.95 bits per heavy atom. The van der Waals surface area contributed by atoms with Crippen LogP contribution >= 0.6 is 15.9 Å². The molecule has 1 heterocycles. The largest absolute Gasteiger partial charge is 0.384 e. The SMILES string of the molecule is COCC(Br)Cc1ccc([N+](=O)[O-])c2cccnc12. The predicted octanol–water partition coefficient (Wildman–Crippen LogP) is 3.10. The summed E-state index contributed by atoms with van der Waals surface area (Å²) >= 11 is 3.52. The lowest BCUT2D eigenvalue weighted by Gasteiger charge is -2.10. The number of methoxy groups -OCH3 is 1. The molecular formula is C13H13BrN2O3. The van der Waals surface area contributed by atoms with Crippen LogP contribution in [0.15, 0.2) is 30.5 Å². The van der Waals surface area contributed by atoms with Gasteiger partial charge in [0.2, 0.25) is 0 Å². The van der Waals surface area contributed by atoms with E-state index in [0.717, 1.165) is 5.56 Å². The summed E-state index contributed by atoms with van der Waals surface area (Å²) in [6.07, 6.45) is 2.36. The van der Waals surface area contributed by atoms with Crippen LogP contribution in [0.1, 0.15) is 5.56 Å². The fourth-order valence-electron chi connectivity index (χ4n) is 2.02. The van der Waals surface area contributed by atoms with Gasteiger partial charge in [-0.3, -0.25) is 15.1 Å². The second-order valence-corrected chi connectivity index (χ2v) is 5.45. The first-order chi connectivity index (χ1) is 9.13. The summed E-state index contributed by atoms with van der Waals surface area (Å²) in [4.78, 5) is 15.0. The summed E-state index contributed by atoms with van der Waals surface area (Å²) in [6.45, 7) is 0.575. The number of nitro benzene ring substituents is 1. The van der Waals surface area contributed by atoms with E-state index in [0.29, 0.717) is 23.9 Å². The van der Waals surface area contributed by atoms with Crippen molar-refractivity contribution in [2.24, 2.45) is 0 Å². The highest BCUT2D eigenvalue weighted by Gasteiger charge is 2.16. The van der Waals surface area contributed by atoms with Crippen LogP contribution in [0.5, 0.6) is 0 Å². The smallest absolute Gasteiger partial charge is 0.278 e. The molecule has 0 radical (unpaired) electrons. The van der Waals surface area contributed by atoms with E-state index in [1.165, 1.54) is 6.07 Å². The zero-order chi connectivity index (χ0) is 13.8. The molecule has 0 aliphatic rings. The van der Waals surface area contributed by atoms with Gasteiger partial charge in [-0.1, -0.05) is 15.9 Å². The Hall–Kier alpha value is -1.53. The number of alkyl halides is 1. The van der Waals surface area contributed by atoms with Gasteiger partial charge in [0.15, 0.2) is 0 Å². The zero-order valence-corrected chi connectivity index (χ0v) is 12.0. The number of rotatable bonds is 5. The number of benzene rings is 1. The predicted molar refractivity (Wildman–Crippen MR) is 76.7 cm³/mol. The van der Waals surface area contributed by atoms with Gasteiger partial charge in [-0.15, -0.1) is 0 Å². The second kappa shape index (κ2) is 6.08. The average Bonchev–Trinajstić information content (AvgIpc) is 2.39. The van der Waals surface area contributed by atoms with Crippen LogP contribution in [0.25, 0.3) is 10.9 Å². The third-order valence-corrected chi connectivity index (χ3v) is 3.40. The number of ether oxygens (including phenoxy) is 1. The molecule has 1 atom stereocenters. The van der Waals surface area contributed by atoms with Crippen molar-refractivity contribution in [2.45, 2.75) is 11.2 Å². The first-order valence-corrected chi connectivity index (χ1v) is 6.69. The van der Waals surface area contributed by atoms with Gasteiger partial charge in [0, 0.05) is 24.2 Å². The van der Waals surface area contributed by atoms with Gasteiger partial charge in [0.1, 0.15) is 0 Å². The number of halogens is 1. The van der Waals surface area contributed by atoms with Crippen molar-refractivity contribution in [1.29, 1.82) is 0 Å². The first kappa shape index (κ1) is 13.9. The molecule has 0 spiro atoms. The minimum atomic E-state index is -0.380. The van der Waals surface area contributed by atoms with E-state index in [2.05, 4.69) is 20.9 Å². The molecule has 0 saturated heterocycles. The highest BCUT2D eigenvalue weighted by molar-refractivity contribution is 9.09. The molecule has 100 valence electrons. The number of aromatic nitrogens is 1. The quantitative estimate of drug-likeness (QED) is 0.481. The van der Waals surface area contributed by atoms with Crippen molar-refractivity contribution in [3.8, 4) is 0 Å². The van der Waals surface area contributed by atoms with E-state index in [1.807, 2.05) is 0 Å². The summed E-state index contributed by atoms with van der Waals surface area (Å²) in [5, 5.41) is 11.6. The zero-order valence-electron chi connectivity index (χ0n) is 10.4. The highest BCUT2D eigenvalue weighted by atomic mass is 79.9. The molecule has 0 aliphatic heterocycles. The van der Waals surface area contributed by atoms with Gasteiger partial charge in [-0.25, -0.2) is 0 Å². The number of pyridine rings is 1. The van der Waals surface area contributed by atoms with Crippen molar-refractivity contribution in [1.82, 2.24) is 4.98 Å². The minimum Gasteiger partial charge on any atom is -0.384 e. The van der Waals surface area contributed by atoms with Gasteiger partial charge >= 0.3 is 0 Å². The maximum Gasteiger partial charge on any atom is 0.278 e. The van der Waals surface area contributed by atoms with Crippen molar-refractivity contribution in [2.75, 3.05) is 13.7 Å². The molecule has 5 nitrogen and oxygen atoms in total. The Morgan fingerprint density at radius 2 is 2.26 bits per heavy atom. The second-order valence-electron chi connectivity index (χ2n) is 4.16. The molecule has 0 bridgehead atoms. The van der Waals surface area contributed by atoms with Gasteiger partial charge in [-0.05, 0) is 30.2 Å². The van der Waals surface area contributed by atoms with Crippen LogP contribution < -0.4 is 0 Å².